The number of ether oxygens (including phenoxy) is 1. The predicted octanol–water partition coefficient (Wildman–Crippen LogP) is 5.60. The third-order valence-electron chi connectivity index (χ3n) is 7.21. The fraction of sp³-hybridized carbons (Fsp3) is 0.0303. The minimum absolute atomic E-state index is 0. The number of nitrogens with zero attached hydrogens (tertiary/aromatic N) is 4. The number of thiophene rings is 1. The number of aromatic nitrogens is 2. The standard InChI is InChI=1S/C33H23N5O4S2.Na.H/c34-32-24-9-2-1-8-23(24)30(44(39,40)41)16-27(32)38-37-21-11-13-26(36-18-21)31-28(42-19-20-6-5-15-35-17-20)14-12-25-22-7-3-4-10-29(22)43-33(25)31;;/h1-18H,19,34H2,(H,39,40,41);;/q;+1;-1. The summed E-state index contributed by atoms with van der Waals surface area (Å²) in [6.07, 6.45) is 5.08. The Hall–Kier alpha value is -4.23. The molecule has 0 spiro atoms. The summed E-state index contributed by atoms with van der Waals surface area (Å²) in [5.41, 5.74) is 9.60. The quantitative estimate of drug-likeness (QED) is 0.0999. The van der Waals surface area contributed by atoms with E-state index in [4.69, 9.17) is 15.5 Å². The Bertz CT molecular complexity index is 2340. The van der Waals surface area contributed by atoms with Crippen molar-refractivity contribution < 1.29 is 48.7 Å². The second-order valence-electron chi connectivity index (χ2n) is 9.99. The summed E-state index contributed by atoms with van der Waals surface area (Å²) < 4.78 is 42.5. The molecule has 9 nitrogen and oxygen atoms in total. The monoisotopic (exact) mass is 641 g/mol. The zero-order chi connectivity index (χ0) is 30.3. The summed E-state index contributed by atoms with van der Waals surface area (Å²) in [6.45, 7) is 0.349. The minimum Gasteiger partial charge on any atom is -1.00 e. The van der Waals surface area contributed by atoms with Gasteiger partial charge in [-0.1, -0.05) is 48.5 Å². The first kappa shape index (κ1) is 30.8. The fourth-order valence-corrected chi connectivity index (χ4v) is 7.10. The number of nitrogens with two attached hydrogens (primary N) is 1. The van der Waals surface area contributed by atoms with Gasteiger partial charge in [-0.2, -0.15) is 8.42 Å². The number of azo groups is 1. The smallest absolute Gasteiger partial charge is 1.00 e. The molecule has 0 unspecified atom stereocenters. The number of fused-ring (bicyclic) bond motifs is 4. The van der Waals surface area contributed by atoms with Crippen molar-refractivity contribution in [1.82, 2.24) is 9.97 Å². The summed E-state index contributed by atoms with van der Waals surface area (Å²) >= 11 is 1.68. The number of rotatable bonds is 7. The molecule has 0 radical (unpaired) electrons. The van der Waals surface area contributed by atoms with Gasteiger partial charge in [0, 0.05) is 48.9 Å². The van der Waals surface area contributed by atoms with E-state index in [9.17, 15) is 13.0 Å². The summed E-state index contributed by atoms with van der Waals surface area (Å²) in [5, 5.41) is 11.5. The molecule has 12 heteroatoms. The van der Waals surface area contributed by atoms with E-state index >= 15 is 0 Å². The third-order valence-corrected chi connectivity index (χ3v) is 9.31. The van der Waals surface area contributed by atoms with Crippen molar-refractivity contribution in [3.05, 3.63) is 115 Å². The molecule has 3 heterocycles. The minimum atomic E-state index is -4.53. The zero-order valence-corrected chi connectivity index (χ0v) is 27.6. The number of hydrogen-bond acceptors (Lipinski definition) is 9. The molecule has 3 aromatic heterocycles. The van der Waals surface area contributed by atoms with Crippen molar-refractivity contribution in [2.24, 2.45) is 10.2 Å². The molecule has 0 saturated heterocycles. The molecule has 218 valence electrons. The average Bonchev–Trinajstić information content (AvgIpc) is 3.42. The number of benzene rings is 4. The largest absolute Gasteiger partial charge is 1.00 e. The van der Waals surface area contributed by atoms with Crippen molar-refractivity contribution in [2.45, 2.75) is 11.5 Å². The van der Waals surface area contributed by atoms with E-state index in [1.807, 2.05) is 36.4 Å². The molecule has 0 aliphatic rings. The van der Waals surface area contributed by atoms with Crippen LogP contribution >= 0.6 is 11.3 Å². The maximum absolute atomic E-state index is 12.1. The predicted molar refractivity (Wildman–Crippen MR) is 175 cm³/mol. The zero-order valence-electron chi connectivity index (χ0n) is 25.0. The van der Waals surface area contributed by atoms with Crippen LogP contribution < -0.4 is 40.0 Å². The van der Waals surface area contributed by atoms with Crippen molar-refractivity contribution >= 4 is 69.5 Å². The molecule has 7 aromatic rings. The van der Waals surface area contributed by atoms with E-state index in [2.05, 4.69) is 33.4 Å². The van der Waals surface area contributed by atoms with E-state index in [1.54, 1.807) is 60.3 Å². The fourth-order valence-electron chi connectivity index (χ4n) is 5.13. The van der Waals surface area contributed by atoms with Gasteiger partial charge in [-0.05, 0) is 42.5 Å². The van der Waals surface area contributed by atoms with Crippen LogP contribution in [0.5, 0.6) is 5.75 Å². The van der Waals surface area contributed by atoms with Crippen LogP contribution in [0.2, 0.25) is 0 Å². The molecule has 7 rings (SSSR count). The van der Waals surface area contributed by atoms with Crippen LogP contribution in [0.25, 0.3) is 42.2 Å². The van der Waals surface area contributed by atoms with Gasteiger partial charge >= 0.3 is 29.6 Å². The van der Waals surface area contributed by atoms with Gasteiger partial charge in [0.25, 0.3) is 10.1 Å². The molecule has 0 bridgehead atoms. The molecule has 0 aliphatic heterocycles. The Morgan fingerprint density at radius 2 is 1.64 bits per heavy atom. The van der Waals surface area contributed by atoms with E-state index < -0.39 is 10.1 Å². The summed E-state index contributed by atoms with van der Waals surface area (Å²) in [7, 11) is -4.53. The molecule has 0 saturated carbocycles. The summed E-state index contributed by atoms with van der Waals surface area (Å²) in [4.78, 5) is 8.61. The molecule has 0 aliphatic carbocycles. The first-order chi connectivity index (χ1) is 21.4. The Kier molecular flexibility index (Phi) is 8.65. The van der Waals surface area contributed by atoms with Gasteiger partial charge in [-0.25, -0.2) is 0 Å². The van der Waals surface area contributed by atoms with E-state index in [1.165, 1.54) is 6.07 Å². The Labute approximate surface area is 286 Å². The number of nitrogen functional groups attached to an aromatic ring is 1. The van der Waals surface area contributed by atoms with Gasteiger partial charge in [0.05, 0.1) is 23.1 Å². The van der Waals surface area contributed by atoms with Gasteiger partial charge in [-0.15, -0.1) is 21.6 Å². The molecule has 45 heavy (non-hydrogen) atoms. The Balaban J connectivity index is 0.00000208. The third kappa shape index (κ3) is 6.06. The van der Waals surface area contributed by atoms with Crippen LogP contribution in [0.15, 0.2) is 125 Å². The van der Waals surface area contributed by atoms with Gasteiger partial charge in [0.2, 0.25) is 0 Å². The van der Waals surface area contributed by atoms with E-state index in [0.29, 0.717) is 34.5 Å². The Morgan fingerprint density at radius 3 is 2.38 bits per heavy atom. The maximum Gasteiger partial charge on any atom is 1.00 e. The normalized spacial score (nSPS) is 11.8. The molecule has 0 fully saturated rings. The molecule has 0 atom stereocenters. The molecular formula is C33H24N5NaO4S2. The molecular weight excluding hydrogens is 618 g/mol. The van der Waals surface area contributed by atoms with Crippen molar-refractivity contribution in [1.29, 1.82) is 0 Å². The van der Waals surface area contributed by atoms with Gasteiger partial charge < -0.3 is 11.9 Å². The first-order valence-electron chi connectivity index (χ1n) is 13.5. The van der Waals surface area contributed by atoms with Gasteiger partial charge in [-0.3, -0.25) is 14.5 Å². The molecule has 4 aromatic carbocycles. The summed E-state index contributed by atoms with van der Waals surface area (Å²) in [6, 6.07) is 27.6. The van der Waals surface area contributed by atoms with Crippen LogP contribution in [-0.2, 0) is 16.7 Å². The SMILES string of the molecule is Nc1c(N=Nc2ccc(-c3c(OCc4cccnc4)ccc4c3sc3ccccc34)nc2)cc(S(=O)(=O)O)c2ccccc12.[H-].[Na+]. The first-order valence-corrected chi connectivity index (χ1v) is 15.8. The Morgan fingerprint density at radius 1 is 0.867 bits per heavy atom. The topological polar surface area (TPSA) is 140 Å². The van der Waals surface area contributed by atoms with Gasteiger partial charge in [0.1, 0.15) is 28.6 Å². The van der Waals surface area contributed by atoms with Crippen LogP contribution in [-0.4, -0.2) is 22.9 Å². The molecule has 0 amide bonds. The summed E-state index contributed by atoms with van der Waals surface area (Å²) in [5.74, 6) is 0.691. The van der Waals surface area contributed by atoms with Crippen LogP contribution in [0, 0.1) is 0 Å². The number of hydrogen-bond donors (Lipinski definition) is 2. The maximum atomic E-state index is 12.1. The second kappa shape index (κ2) is 12.6. The van der Waals surface area contributed by atoms with Crippen molar-refractivity contribution in [3.63, 3.8) is 0 Å². The van der Waals surface area contributed by atoms with Crippen molar-refractivity contribution in [3.8, 4) is 17.0 Å². The second-order valence-corrected chi connectivity index (χ2v) is 12.4. The van der Waals surface area contributed by atoms with Crippen LogP contribution in [0.4, 0.5) is 17.1 Å². The number of pyridine rings is 2. The van der Waals surface area contributed by atoms with Gasteiger partial charge in [0.15, 0.2) is 0 Å². The van der Waals surface area contributed by atoms with Crippen LogP contribution in [0.3, 0.4) is 0 Å². The van der Waals surface area contributed by atoms with E-state index in [-0.39, 0.29) is 47.3 Å². The van der Waals surface area contributed by atoms with Crippen LogP contribution in [0.1, 0.15) is 6.99 Å². The van der Waals surface area contributed by atoms with Crippen molar-refractivity contribution in [2.75, 3.05) is 5.73 Å². The number of anilines is 1. The van der Waals surface area contributed by atoms with E-state index in [0.717, 1.165) is 31.3 Å². The molecule has 3 N–H and O–H groups in total. The average molecular weight is 642 g/mol.